The van der Waals surface area contributed by atoms with E-state index in [1.54, 1.807) is 6.20 Å². The van der Waals surface area contributed by atoms with E-state index < -0.39 is 0 Å². The standard InChI is InChI=1S/C14H24N6O.2ClH/c21-14(16-7-10-19-8-1-2-9-19)13-11-20(18-17-13)12-3-5-15-6-4-12;;/h11-12,15H,1-10H2,(H,16,21);2*1H. The molecule has 3 rings (SSSR count). The highest BCUT2D eigenvalue weighted by Gasteiger charge is 2.19. The Bertz CT molecular complexity index is 472. The Kier molecular flexibility index (Phi) is 8.83. The third-order valence-electron chi connectivity index (χ3n) is 4.34. The molecular weight excluding hydrogens is 339 g/mol. The number of carbonyl (C=O) groups is 1. The van der Waals surface area contributed by atoms with Crippen LogP contribution in [0.25, 0.3) is 0 Å². The van der Waals surface area contributed by atoms with Crippen LogP contribution in [0, 0.1) is 0 Å². The number of hydrogen-bond donors (Lipinski definition) is 2. The Morgan fingerprint density at radius 1 is 1.26 bits per heavy atom. The molecule has 23 heavy (non-hydrogen) atoms. The van der Waals surface area contributed by atoms with Crippen molar-refractivity contribution in [3.05, 3.63) is 11.9 Å². The molecule has 0 saturated carbocycles. The third kappa shape index (κ3) is 5.60. The lowest BCUT2D eigenvalue weighted by molar-refractivity contribution is 0.0944. The zero-order valence-electron chi connectivity index (χ0n) is 13.2. The van der Waals surface area contributed by atoms with Crippen LogP contribution in [-0.2, 0) is 0 Å². The van der Waals surface area contributed by atoms with E-state index in [9.17, 15) is 4.79 Å². The van der Waals surface area contributed by atoms with Crippen molar-refractivity contribution >= 4 is 30.7 Å². The highest BCUT2D eigenvalue weighted by Crippen LogP contribution is 2.16. The SMILES string of the molecule is Cl.Cl.O=C(NCCN1CCCC1)c1cn(C2CCNCC2)nn1. The van der Waals surface area contributed by atoms with Gasteiger partial charge in [-0.15, -0.1) is 29.9 Å². The quantitative estimate of drug-likeness (QED) is 0.810. The summed E-state index contributed by atoms with van der Waals surface area (Å²) >= 11 is 0. The molecule has 1 aromatic heterocycles. The van der Waals surface area contributed by atoms with E-state index in [2.05, 4.69) is 25.8 Å². The van der Waals surface area contributed by atoms with Gasteiger partial charge in [-0.1, -0.05) is 5.21 Å². The Balaban J connectivity index is 0.00000132. The minimum absolute atomic E-state index is 0. The maximum atomic E-state index is 12.1. The summed E-state index contributed by atoms with van der Waals surface area (Å²) in [6.45, 7) is 5.92. The smallest absolute Gasteiger partial charge is 0.273 e. The van der Waals surface area contributed by atoms with Crippen LogP contribution in [0.5, 0.6) is 0 Å². The molecule has 0 atom stereocenters. The number of nitrogens with zero attached hydrogens (tertiary/aromatic N) is 4. The lowest BCUT2D eigenvalue weighted by Gasteiger charge is -2.22. The molecule has 0 spiro atoms. The fourth-order valence-electron chi connectivity index (χ4n) is 3.05. The third-order valence-corrected chi connectivity index (χ3v) is 4.34. The number of piperidine rings is 1. The number of likely N-dealkylation sites (tertiary alicyclic amines) is 1. The van der Waals surface area contributed by atoms with E-state index in [1.165, 1.54) is 12.8 Å². The second-order valence-corrected chi connectivity index (χ2v) is 5.87. The van der Waals surface area contributed by atoms with Crippen LogP contribution < -0.4 is 10.6 Å². The molecular formula is C14H26Cl2N6O. The van der Waals surface area contributed by atoms with E-state index in [4.69, 9.17) is 0 Å². The molecule has 2 N–H and O–H groups in total. The molecule has 1 aromatic rings. The summed E-state index contributed by atoms with van der Waals surface area (Å²) in [5.41, 5.74) is 0.426. The molecule has 3 heterocycles. The van der Waals surface area contributed by atoms with Crippen molar-refractivity contribution in [1.29, 1.82) is 0 Å². The zero-order valence-corrected chi connectivity index (χ0v) is 14.9. The average Bonchev–Trinajstić information content (AvgIpc) is 3.20. The number of carbonyl (C=O) groups excluding carboxylic acids is 1. The minimum atomic E-state index is -0.116. The largest absolute Gasteiger partial charge is 0.349 e. The van der Waals surface area contributed by atoms with Gasteiger partial charge in [0.15, 0.2) is 5.69 Å². The maximum Gasteiger partial charge on any atom is 0.273 e. The monoisotopic (exact) mass is 364 g/mol. The van der Waals surface area contributed by atoms with Crippen LogP contribution in [0.2, 0.25) is 0 Å². The number of hydrogen-bond acceptors (Lipinski definition) is 5. The Labute approximate surface area is 149 Å². The van der Waals surface area contributed by atoms with E-state index in [0.717, 1.165) is 45.6 Å². The van der Waals surface area contributed by atoms with Crippen molar-refractivity contribution in [2.45, 2.75) is 31.7 Å². The molecule has 2 aliphatic rings. The second kappa shape index (κ2) is 10.1. The van der Waals surface area contributed by atoms with Gasteiger partial charge in [-0.25, -0.2) is 4.68 Å². The fourth-order valence-corrected chi connectivity index (χ4v) is 3.05. The van der Waals surface area contributed by atoms with Crippen molar-refractivity contribution in [1.82, 2.24) is 30.5 Å². The predicted octanol–water partition coefficient (Wildman–Crippen LogP) is 0.872. The summed E-state index contributed by atoms with van der Waals surface area (Å²) < 4.78 is 1.84. The molecule has 2 saturated heterocycles. The number of nitrogens with one attached hydrogen (secondary N) is 2. The molecule has 0 bridgehead atoms. The van der Waals surface area contributed by atoms with Crippen LogP contribution in [0.4, 0.5) is 0 Å². The molecule has 132 valence electrons. The van der Waals surface area contributed by atoms with Gasteiger partial charge < -0.3 is 15.5 Å². The van der Waals surface area contributed by atoms with Crippen LogP contribution in [-0.4, -0.2) is 65.1 Å². The topological polar surface area (TPSA) is 75.1 Å². The van der Waals surface area contributed by atoms with E-state index in [-0.39, 0.29) is 30.7 Å². The predicted molar refractivity (Wildman–Crippen MR) is 93.7 cm³/mol. The van der Waals surface area contributed by atoms with Crippen molar-refractivity contribution in [3.8, 4) is 0 Å². The van der Waals surface area contributed by atoms with Gasteiger partial charge in [0.2, 0.25) is 0 Å². The van der Waals surface area contributed by atoms with Gasteiger partial charge >= 0.3 is 0 Å². The Hall–Kier alpha value is -0.890. The van der Waals surface area contributed by atoms with E-state index >= 15 is 0 Å². The average molecular weight is 365 g/mol. The molecule has 2 aliphatic heterocycles. The first-order chi connectivity index (χ1) is 10.3. The summed E-state index contributed by atoms with van der Waals surface area (Å²) in [4.78, 5) is 14.4. The van der Waals surface area contributed by atoms with Crippen molar-refractivity contribution in [2.24, 2.45) is 0 Å². The van der Waals surface area contributed by atoms with Crippen LogP contribution in [0.15, 0.2) is 6.20 Å². The summed E-state index contributed by atoms with van der Waals surface area (Å²) in [7, 11) is 0. The van der Waals surface area contributed by atoms with Gasteiger partial charge in [0.05, 0.1) is 12.2 Å². The van der Waals surface area contributed by atoms with Gasteiger partial charge in [0.1, 0.15) is 0 Å². The van der Waals surface area contributed by atoms with Crippen molar-refractivity contribution in [3.63, 3.8) is 0 Å². The van der Waals surface area contributed by atoms with Gasteiger partial charge in [0.25, 0.3) is 5.91 Å². The molecule has 0 unspecified atom stereocenters. The van der Waals surface area contributed by atoms with Gasteiger partial charge in [-0.3, -0.25) is 4.79 Å². The first-order valence-electron chi connectivity index (χ1n) is 7.96. The first kappa shape index (κ1) is 20.2. The maximum absolute atomic E-state index is 12.1. The Morgan fingerprint density at radius 3 is 2.65 bits per heavy atom. The number of aromatic nitrogens is 3. The highest BCUT2D eigenvalue weighted by atomic mass is 35.5. The normalized spacial score (nSPS) is 19.0. The summed E-state index contributed by atoms with van der Waals surface area (Å²) in [5.74, 6) is -0.116. The molecule has 0 aromatic carbocycles. The number of amides is 1. The van der Waals surface area contributed by atoms with Crippen LogP contribution in [0.3, 0.4) is 0 Å². The molecule has 9 heteroatoms. The summed E-state index contributed by atoms with van der Waals surface area (Å²) in [6, 6.07) is 0.366. The van der Waals surface area contributed by atoms with Crippen LogP contribution in [0.1, 0.15) is 42.2 Å². The molecule has 7 nitrogen and oxygen atoms in total. The second-order valence-electron chi connectivity index (χ2n) is 5.87. The van der Waals surface area contributed by atoms with E-state index in [0.29, 0.717) is 18.3 Å². The Morgan fingerprint density at radius 2 is 1.96 bits per heavy atom. The van der Waals surface area contributed by atoms with Crippen molar-refractivity contribution in [2.75, 3.05) is 39.3 Å². The summed E-state index contributed by atoms with van der Waals surface area (Å²) in [5, 5.41) is 14.4. The van der Waals surface area contributed by atoms with Crippen molar-refractivity contribution < 1.29 is 4.79 Å². The lowest BCUT2D eigenvalue weighted by atomic mass is 10.1. The van der Waals surface area contributed by atoms with Crippen LogP contribution >= 0.6 is 24.8 Å². The molecule has 0 aliphatic carbocycles. The number of rotatable bonds is 5. The van der Waals surface area contributed by atoms with E-state index in [1.807, 2.05) is 4.68 Å². The first-order valence-corrected chi connectivity index (χ1v) is 7.96. The molecule has 2 fully saturated rings. The summed E-state index contributed by atoms with van der Waals surface area (Å²) in [6.07, 6.45) is 6.41. The highest BCUT2D eigenvalue weighted by molar-refractivity contribution is 5.91. The number of halogens is 2. The lowest BCUT2D eigenvalue weighted by Crippen LogP contribution is -2.33. The van der Waals surface area contributed by atoms with Gasteiger partial charge in [-0.2, -0.15) is 0 Å². The zero-order chi connectivity index (χ0) is 14.5. The fraction of sp³-hybridized carbons (Fsp3) is 0.786. The van der Waals surface area contributed by atoms with Gasteiger partial charge in [0, 0.05) is 13.1 Å². The molecule has 1 amide bonds. The minimum Gasteiger partial charge on any atom is -0.349 e. The van der Waals surface area contributed by atoms with Gasteiger partial charge in [-0.05, 0) is 51.9 Å². The molecule has 0 radical (unpaired) electrons.